The molecule has 0 radical (unpaired) electrons. The number of methoxy groups -OCH3 is 3. The number of hydrogen-bond donors (Lipinski definition) is 2. The molecule has 0 spiro atoms. The van der Waals surface area contributed by atoms with Crippen LogP contribution < -0.4 is 29.0 Å². The minimum absolute atomic E-state index is 0.0685. The van der Waals surface area contributed by atoms with Crippen LogP contribution in [0.5, 0.6) is 34.5 Å². The number of nitrogens with one attached hydrogen (secondary N) is 1. The Morgan fingerprint density at radius 2 is 1.64 bits per heavy atom. The average molecular weight is 611 g/mol. The van der Waals surface area contributed by atoms with Gasteiger partial charge in [-0.25, -0.2) is 0 Å². The van der Waals surface area contributed by atoms with Gasteiger partial charge in [-0.05, 0) is 83.5 Å². The highest BCUT2D eigenvalue weighted by Crippen LogP contribution is 2.42. The molecule has 4 aromatic rings. The Kier molecular flexibility index (Phi) is 8.98. The molecule has 0 aliphatic carbocycles. The Morgan fingerprint density at radius 1 is 0.889 bits per heavy atom. The number of hydrogen-bond acceptors (Lipinski definition) is 8. The first-order valence-corrected chi connectivity index (χ1v) is 15.1. The molecule has 9 nitrogen and oxygen atoms in total. The van der Waals surface area contributed by atoms with Crippen molar-refractivity contribution in [2.75, 3.05) is 34.7 Å². The molecule has 2 atom stereocenters. The normalized spacial score (nSPS) is 16.3. The molecule has 0 bridgehead atoms. The molecule has 9 heteroatoms. The summed E-state index contributed by atoms with van der Waals surface area (Å²) in [6, 6.07) is 24.3. The summed E-state index contributed by atoms with van der Waals surface area (Å²) >= 11 is 0. The van der Waals surface area contributed by atoms with Gasteiger partial charge in [-0.2, -0.15) is 0 Å². The van der Waals surface area contributed by atoms with E-state index in [2.05, 4.69) is 10.2 Å². The predicted octanol–water partition coefficient (Wildman–Crippen LogP) is 5.74. The van der Waals surface area contributed by atoms with Crippen LogP contribution >= 0.6 is 0 Å². The molecule has 2 heterocycles. The molecule has 45 heavy (non-hydrogen) atoms. The minimum atomic E-state index is -0.597. The minimum Gasteiger partial charge on any atom is -0.504 e. The number of benzene rings is 4. The quantitative estimate of drug-likeness (QED) is 0.235. The van der Waals surface area contributed by atoms with Gasteiger partial charge in [-0.3, -0.25) is 9.69 Å². The third-order valence-electron chi connectivity index (χ3n) is 8.54. The second-order valence-corrected chi connectivity index (χ2v) is 11.2. The molecule has 0 saturated heterocycles. The van der Waals surface area contributed by atoms with E-state index in [9.17, 15) is 9.90 Å². The topological polar surface area (TPSA) is 98.7 Å². The molecule has 2 aliphatic rings. The number of phenols is 1. The zero-order valence-corrected chi connectivity index (χ0v) is 25.7. The van der Waals surface area contributed by atoms with Gasteiger partial charge >= 0.3 is 0 Å². The van der Waals surface area contributed by atoms with E-state index in [0.717, 1.165) is 40.7 Å². The van der Waals surface area contributed by atoms with Gasteiger partial charge in [0, 0.05) is 19.1 Å². The van der Waals surface area contributed by atoms with E-state index in [4.69, 9.17) is 23.7 Å². The fraction of sp³-hybridized carbons (Fsp3) is 0.306. The third-order valence-corrected chi connectivity index (χ3v) is 8.54. The second-order valence-electron chi connectivity index (χ2n) is 11.2. The summed E-state index contributed by atoms with van der Waals surface area (Å²) in [5, 5.41) is 14.1. The lowest BCUT2D eigenvalue weighted by atomic mass is 9.91. The van der Waals surface area contributed by atoms with Gasteiger partial charge in [-0.1, -0.05) is 42.5 Å². The number of ether oxygens (including phenoxy) is 5. The van der Waals surface area contributed by atoms with Gasteiger partial charge in [0.25, 0.3) is 0 Å². The molecule has 1 amide bonds. The van der Waals surface area contributed by atoms with Crippen molar-refractivity contribution in [1.82, 2.24) is 10.2 Å². The first-order chi connectivity index (χ1) is 22.0. The lowest BCUT2D eigenvalue weighted by Crippen LogP contribution is -2.43. The van der Waals surface area contributed by atoms with Crippen molar-refractivity contribution in [2.24, 2.45) is 0 Å². The van der Waals surface area contributed by atoms with E-state index in [-0.39, 0.29) is 24.5 Å². The standard InChI is InChI=1S/C36H38N2O7/c1-41-30-13-11-23(17-33(30)43-3)16-28-27-20-29(39)32(42-2)19-26(27)10-7-15-38(28)35(25-8-5-4-6-9-25)36(40)37-21-24-12-14-31-34(18-24)45-22-44-31/h4-6,8-9,11-14,17-20,28,35,39H,7,10,15-16,21-22H2,1-3H3,(H,37,40). The van der Waals surface area contributed by atoms with E-state index in [1.165, 1.54) is 0 Å². The van der Waals surface area contributed by atoms with E-state index in [1.54, 1.807) is 27.4 Å². The predicted molar refractivity (Wildman–Crippen MR) is 169 cm³/mol. The molecule has 2 aliphatic heterocycles. The largest absolute Gasteiger partial charge is 0.504 e. The van der Waals surface area contributed by atoms with Crippen LogP contribution in [0.3, 0.4) is 0 Å². The molecule has 234 valence electrons. The fourth-order valence-electron chi connectivity index (χ4n) is 6.34. The number of nitrogens with zero attached hydrogens (tertiary/aromatic N) is 1. The summed E-state index contributed by atoms with van der Waals surface area (Å²) in [6.07, 6.45) is 2.17. The summed E-state index contributed by atoms with van der Waals surface area (Å²) in [5.41, 5.74) is 4.87. The first-order valence-electron chi connectivity index (χ1n) is 15.1. The summed E-state index contributed by atoms with van der Waals surface area (Å²) < 4.78 is 27.6. The van der Waals surface area contributed by atoms with Crippen LogP contribution in [-0.4, -0.2) is 50.6 Å². The highest BCUT2D eigenvalue weighted by molar-refractivity contribution is 5.83. The summed E-state index contributed by atoms with van der Waals surface area (Å²) in [7, 11) is 4.79. The maximum Gasteiger partial charge on any atom is 0.242 e. The van der Waals surface area contributed by atoms with Gasteiger partial charge in [0.1, 0.15) is 6.04 Å². The molecule has 2 unspecified atom stereocenters. The molecule has 0 saturated carbocycles. The van der Waals surface area contributed by atoms with Gasteiger partial charge in [-0.15, -0.1) is 0 Å². The molecule has 4 aromatic carbocycles. The molecule has 2 N–H and O–H groups in total. The number of aryl methyl sites for hydroxylation is 1. The molecular weight excluding hydrogens is 572 g/mol. The average Bonchev–Trinajstić information content (AvgIpc) is 3.48. The molecule has 0 fully saturated rings. The van der Waals surface area contributed by atoms with E-state index >= 15 is 0 Å². The van der Waals surface area contributed by atoms with Crippen LogP contribution in [0.25, 0.3) is 0 Å². The van der Waals surface area contributed by atoms with Crippen molar-refractivity contribution >= 4 is 5.91 Å². The highest BCUT2D eigenvalue weighted by Gasteiger charge is 2.36. The lowest BCUT2D eigenvalue weighted by molar-refractivity contribution is -0.128. The zero-order valence-electron chi connectivity index (χ0n) is 25.7. The number of phenolic OH excluding ortho intramolecular Hbond substituents is 1. The van der Waals surface area contributed by atoms with Crippen LogP contribution in [0.15, 0.2) is 78.9 Å². The van der Waals surface area contributed by atoms with Crippen molar-refractivity contribution in [2.45, 2.75) is 37.9 Å². The lowest BCUT2D eigenvalue weighted by Gasteiger charge is -2.37. The maximum atomic E-state index is 14.3. The van der Waals surface area contributed by atoms with Crippen molar-refractivity contribution in [3.8, 4) is 34.5 Å². The maximum absolute atomic E-state index is 14.3. The Bertz CT molecular complexity index is 1660. The van der Waals surface area contributed by atoms with E-state index in [0.29, 0.717) is 48.3 Å². The fourth-order valence-corrected chi connectivity index (χ4v) is 6.34. The number of aromatic hydroxyl groups is 1. The van der Waals surface area contributed by atoms with E-state index < -0.39 is 6.04 Å². The van der Waals surface area contributed by atoms with Crippen LogP contribution in [0.1, 0.15) is 46.3 Å². The van der Waals surface area contributed by atoms with Gasteiger partial charge < -0.3 is 34.1 Å². The van der Waals surface area contributed by atoms with Gasteiger partial charge in [0.05, 0.1) is 21.3 Å². The van der Waals surface area contributed by atoms with Crippen molar-refractivity contribution < 1.29 is 33.6 Å². The second kappa shape index (κ2) is 13.4. The Morgan fingerprint density at radius 3 is 2.42 bits per heavy atom. The van der Waals surface area contributed by atoms with Crippen LogP contribution in [0, 0.1) is 0 Å². The van der Waals surface area contributed by atoms with Crippen LogP contribution in [0.2, 0.25) is 0 Å². The number of rotatable bonds is 10. The third kappa shape index (κ3) is 6.35. The summed E-state index contributed by atoms with van der Waals surface area (Å²) in [5.74, 6) is 3.05. The highest BCUT2D eigenvalue weighted by atomic mass is 16.7. The van der Waals surface area contributed by atoms with Crippen molar-refractivity contribution in [3.63, 3.8) is 0 Å². The zero-order chi connectivity index (χ0) is 31.3. The Hall–Kier alpha value is -4.89. The van der Waals surface area contributed by atoms with Crippen LogP contribution in [0.4, 0.5) is 0 Å². The Labute approximate surface area is 263 Å². The van der Waals surface area contributed by atoms with E-state index in [1.807, 2.05) is 72.8 Å². The number of fused-ring (bicyclic) bond motifs is 2. The molecule has 0 aromatic heterocycles. The smallest absolute Gasteiger partial charge is 0.242 e. The summed E-state index contributed by atoms with van der Waals surface area (Å²) in [6.45, 7) is 1.19. The van der Waals surface area contributed by atoms with Gasteiger partial charge in [0.2, 0.25) is 12.7 Å². The SMILES string of the molecule is COc1cc2c(cc1O)C(Cc1ccc(OC)c(OC)c1)N(C(C(=O)NCc1ccc3c(c1)OCO3)c1ccccc1)CCC2. The molecular formula is C36H38N2O7. The number of carbonyl (C=O) groups excluding carboxylic acids is 1. The Balaban J connectivity index is 1.39. The monoisotopic (exact) mass is 610 g/mol. The van der Waals surface area contributed by atoms with Gasteiger partial charge in [0.15, 0.2) is 34.5 Å². The molecule has 6 rings (SSSR count). The van der Waals surface area contributed by atoms with Crippen molar-refractivity contribution in [1.29, 1.82) is 0 Å². The van der Waals surface area contributed by atoms with Crippen LogP contribution in [-0.2, 0) is 24.2 Å². The summed E-state index contributed by atoms with van der Waals surface area (Å²) in [4.78, 5) is 16.6. The number of carbonyl (C=O) groups is 1. The first kappa shape index (κ1) is 30.1. The number of amides is 1. The van der Waals surface area contributed by atoms with Crippen molar-refractivity contribution in [3.05, 3.63) is 107 Å².